The number of nitrogens with one attached hydrogen (secondary N) is 1. The normalized spacial score (nSPS) is 15.1. The van der Waals surface area contributed by atoms with E-state index in [0.717, 1.165) is 5.56 Å². The number of benzene rings is 1. The first-order chi connectivity index (χ1) is 12.5. The summed E-state index contributed by atoms with van der Waals surface area (Å²) in [5.74, 6) is -0.571. The van der Waals surface area contributed by atoms with Crippen molar-refractivity contribution in [2.45, 2.75) is 5.60 Å². The van der Waals surface area contributed by atoms with E-state index in [1.165, 1.54) is 19.4 Å². The fraction of sp³-hybridized carbons (Fsp3) is 0.278. The number of nitrogens with zero attached hydrogens (tertiary/aromatic N) is 2. The van der Waals surface area contributed by atoms with Crippen molar-refractivity contribution in [2.75, 3.05) is 32.6 Å². The van der Waals surface area contributed by atoms with Crippen molar-refractivity contribution in [3.05, 3.63) is 53.7 Å². The molecule has 1 aromatic heterocycles. The van der Waals surface area contributed by atoms with Gasteiger partial charge in [0.25, 0.3) is 5.91 Å². The van der Waals surface area contributed by atoms with Crippen molar-refractivity contribution < 1.29 is 19.1 Å². The molecular formula is C18H20N4O4. The first-order valence-electron chi connectivity index (χ1n) is 7.99. The number of aromatic nitrogens is 1. The van der Waals surface area contributed by atoms with Gasteiger partial charge in [-0.15, -0.1) is 0 Å². The van der Waals surface area contributed by atoms with Gasteiger partial charge in [0.05, 0.1) is 32.1 Å². The van der Waals surface area contributed by atoms with Gasteiger partial charge < -0.3 is 25.4 Å². The van der Waals surface area contributed by atoms with Crippen molar-refractivity contribution in [3.8, 4) is 5.88 Å². The van der Waals surface area contributed by atoms with E-state index in [-0.39, 0.29) is 17.5 Å². The lowest BCUT2D eigenvalue weighted by molar-refractivity contribution is -0.109. The van der Waals surface area contributed by atoms with Gasteiger partial charge in [-0.3, -0.25) is 4.79 Å². The molecule has 0 aliphatic carbocycles. The van der Waals surface area contributed by atoms with E-state index in [9.17, 15) is 9.59 Å². The molecule has 0 radical (unpaired) electrons. The van der Waals surface area contributed by atoms with Crippen molar-refractivity contribution in [3.63, 3.8) is 0 Å². The van der Waals surface area contributed by atoms with Gasteiger partial charge in [-0.05, 0) is 11.6 Å². The number of carbonyl (C=O) groups excluding carboxylic acids is 2. The average molecular weight is 356 g/mol. The van der Waals surface area contributed by atoms with E-state index in [2.05, 4.69) is 10.3 Å². The number of carbonyl (C=O) groups is 2. The number of primary amides is 1. The Labute approximate surface area is 150 Å². The maximum Gasteiger partial charge on any atom is 0.322 e. The number of nitrogens with two attached hydrogens (primary N) is 1. The van der Waals surface area contributed by atoms with Crippen LogP contribution in [0.2, 0.25) is 0 Å². The zero-order valence-corrected chi connectivity index (χ0v) is 14.6. The van der Waals surface area contributed by atoms with Crippen molar-refractivity contribution in [2.24, 2.45) is 5.73 Å². The predicted octanol–water partition coefficient (Wildman–Crippen LogP) is 1.58. The molecule has 3 amide bonds. The summed E-state index contributed by atoms with van der Waals surface area (Å²) >= 11 is 0. The Morgan fingerprint density at radius 3 is 2.50 bits per heavy atom. The molecule has 0 saturated carbocycles. The van der Waals surface area contributed by atoms with Crippen LogP contribution in [0.15, 0.2) is 42.6 Å². The Bertz CT molecular complexity index is 819. The number of hydrogen-bond acceptors (Lipinski definition) is 5. The lowest BCUT2D eigenvalue weighted by atomic mass is 9.86. The molecule has 0 bridgehead atoms. The molecule has 1 aliphatic heterocycles. The monoisotopic (exact) mass is 356 g/mol. The van der Waals surface area contributed by atoms with Crippen LogP contribution in [0, 0.1) is 0 Å². The van der Waals surface area contributed by atoms with Crippen LogP contribution in [-0.4, -0.2) is 49.1 Å². The van der Waals surface area contributed by atoms with Crippen LogP contribution >= 0.6 is 0 Å². The smallest absolute Gasteiger partial charge is 0.322 e. The number of likely N-dealkylation sites (tertiary alicyclic amines) is 1. The second kappa shape index (κ2) is 7.01. The van der Waals surface area contributed by atoms with Gasteiger partial charge in [0.15, 0.2) is 0 Å². The Balaban J connectivity index is 1.69. The molecule has 2 aromatic rings. The van der Waals surface area contributed by atoms with Crippen LogP contribution in [0.3, 0.4) is 0 Å². The van der Waals surface area contributed by atoms with E-state index in [1.807, 2.05) is 30.3 Å². The standard InChI is InChI=1S/C18H20N4O4/c1-25-16-14(15(19)23)8-13(9-20-16)21-17(24)22-10-18(11-22,26-2)12-6-4-3-5-7-12/h3-9H,10-11H2,1-2H3,(H2,19,23)(H,21,24). The molecule has 8 nitrogen and oxygen atoms in total. The topological polar surface area (TPSA) is 107 Å². The minimum atomic E-state index is -0.683. The second-order valence-corrected chi connectivity index (χ2v) is 6.00. The third-order valence-corrected chi connectivity index (χ3v) is 4.43. The maximum atomic E-state index is 12.4. The van der Waals surface area contributed by atoms with Crippen LogP contribution in [-0.2, 0) is 10.3 Å². The molecule has 136 valence electrons. The number of amides is 3. The second-order valence-electron chi connectivity index (χ2n) is 6.00. The van der Waals surface area contributed by atoms with Gasteiger partial charge in [0, 0.05) is 7.11 Å². The zero-order valence-electron chi connectivity index (χ0n) is 14.6. The van der Waals surface area contributed by atoms with Crippen LogP contribution in [0.4, 0.5) is 10.5 Å². The van der Waals surface area contributed by atoms with E-state index in [0.29, 0.717) is 18.8 Å². The molecule has 0 spiro atoms. The molecule has 2 heterocycles. The van der Waals surface area contributed by atoms with E-state index >= 15 is 0 Å². The summed E-state index contributed by atoms with van der Waals surface area (Å²) in [5.41, 5.74) is 6.29. The molecule has 0 unspecified atom stereocenters. The Kier molecular flexibility index (Phi) is 4.77. The number of ether oxygens (including phenoxy) is 2. The average Bonchev–Trinajstić information content (AvgIpc) is 2.62. The van der Waals surface area contributed by atoms with Gasteiger partial charge >= 0.3 is 6.03 Å². The highest BCUT2D eigenvalue weighted by atomic mass is 16.5. The van der Waals surface area contributed by atoms with Gasteiger partial charge in [0.1, 0.15) is 11.2 Å². The predicted molar refractivity (Wildman–Crippen MR) is 95.0 cm³/mol. The highest BCUT2D eigenvalue weighted by Gasteiger charge is 2.47. The Morgan fingerprint density at radius 2 is 1.92 bits per heavy atom. The molecule has 1 aliphatic rings. The fourth-order valence-electron chi connectivity index (χ4n) is 2.95. The summed E-state index contributed by atoms with van der Waals surface area (Å²) < 4.78 is 10.6. The van der Waals surface area contributed by atoms with E-state index < -0.39 is 11.5 Å². The number of pyridine rings is 1. The summed E-state index contributed by atoms with van der Waals surface area (Å²) in [5, 5.41) is 2.71. The number of rotatable bonds is 5. The summed E-state index contributed by atoms with van der Waals surface area (Å²) in [6.07, 6.45) is 1.41. The molecule has 1 saturated heterocycles. The third-order valence-electron chi connectivity index (χ3n) is 4.43. The summed E-state index contributed by atoms with van der Waals surface area (Å²) in [4.78, 5) is 29.5. The molecule has 1 aromatic carbocycles. The van der Waals surface area contributed by atoms with Gasteiger partial charge in [-0.2, -0.15) is 0 Å². The molecule has 0 atom stereocenters. The molecule has 3 N–H and O–H groups in total. The Morgan fingerprint density at radius 1 is 1.23 bits per heavy atom. The van der Waals surface area contributed by atoms with Crippen molar-refractivity contribution >= 4 is 17.6 Å². The minimum Gasteiger partial charge on any atom is -0.480 e. The van der Waals surface area contributed by atoms with Crippen molar-refractivity contribution in [1.29, 1.82) is 0 Å². The fourth-order valence-corrected chi connectivity index (χ4v) is 2.95. The van der Waals surface area contributed by atoms with Crippen LogP contribution < -0.4 is 15.8 Å². The molecule has 8 heteroatoms. The minimum absolute atomic E-state index is 0.101. The molecule has 1 fully saturated rings. The third kappa shape index (κ3) is 3.18. The molecule has 26 heavy (non-hydrogen) atoms. The highest BCUT2D eigenvalue weighted by Crippen LogP contribution is 2.35. The first-order valence-corrected chi connectivity index (χ1v) is 7.99. The SMILES string of the molecule is COc1ncc(NC(=O)N2CC(OC)(c3ccccc3)C2)cc1C(N)=O. The molecule has 3 rings (SSSR count). The number of methoxy groups -OCH3 is 2. The number of anilines is 1. The first kappa shape index (κ1) is 17.7. The quantitative estimate of drug-likeness (QED) is 0.846. The summed E-state index contributed by atoms with van der Waals surface area (Å²) in [6, 6.07) is 10.9. The van der Waals surface area contributed by atoms with Gasteiger partial charge in [-0.1, -0.05) is 30.3 Å². The molecular weight excluding hydrogens is 336 g/mol. The van der Waals surface area contributed by atoms with Crippen LogP contribution in [0.5, 0.6) is 5.88 Å². The summed E-state index contributed by atoms with van der Waals surface area (Å²) in [6.45, 7) is 0.844. The maximum absolute atomic E-state index is 12.4. The number of urea groups is 1. The van der Waals surface area contributed by atoms with Crippen molar-refractivity contribution in [1.82, 2.24) is 9.88 Å². The number of hydrogen-bond donors (Lipinski definition) is 2. The highest BCUT2D eigenvalue weighted by molar-refractivity contribution is 5.97. The largest absolute Gasteiger partial charge is 0.480 e. The van der Waals surface area contributed by atoms with Gasteiger partial charge in [-0.25, -0.2) is 9.78 Å². The lowest BCUT2D eigenvalue weighted by Crippen LogP contribution is -2.63. The Hall–Kier alpha value is -3.13. The van der Waals surface area contributed by atoms with Gasteiger partial charge in [0.2, 0.25) is 5.88 Å². The van der Waals surface area contributed by atoms with Crippen LogP contribution in [0.1, 0.15) is 15.9 Å². The lowest BCUT2D eigenvalue weighted by Gasteiger charge is -2.49. The van der Waals surface area contributed by atoms with E-state index in [1.54, 1.807) is 12.0 Å². The van der Waals surface area contributed by atoms with E-state index in [4.69, 9.17) is 15.2 Å². The van der Waals surface area contributed by atoms with Crippen LogP contribution in [0.25, 0.3) is 0 Å². The summed E-state index contributed by atoms with van der Waals surface area (Å²) in [7, 11) is 3.02. The zero-order chi connectivity index (χ0) is 18.7.